The molecule has 1 aliphatic rings. The van der Waals surface area contributed by atoms with Gasteiger partial charge >= 0.3 is 6.18 Å². The molecule has 1 aliphatic carbocycles. The van der Waals surface area contributed by atoms with Crippen LogP contribution in [0, 0.1) is 11.8 Å². The lowest BCUT2D eigenvalue weighted by Crippen LogP contribution is -2.33. The summed E-state index contributed by atoms with van der Waals surface area (Å²) in [6.45, 7) is 0.730. The van der Waals surface area contributed by atoms with Gasteiger partial charge in [-0.3, -0.25) is 0 Å². The van der Waals surface area contributed by atoms with Gasteiger partial charge in [-0.15, -0.1) is 11.8 Å². The Kier molecular flexibility index (Phi) is 5.26. The maximum Gasteiger partial charge on any atom is 0.391 e. The van der Waals surface area contributed by atoms with Crippen LogP contribution in [-0.2, 0) is 0 Å². The van der Waals surface area contributed by atoms with Crippen molar-refractivity contribution in [2.24, 2.45) is 11.8 Å². The molecule has 0 heterocycles. The van der Waals surface area contributed by atoms with E-state index in [4.69, 9.17) is 0 Å². The molecule has 0 aromatic rings. The van der Waals surface area contributed by atoms with Crippen molar-refractivity contribution in [2.75, 3.05) is 18.7 Å². The Bertz CT molecular complexity index is 184. The molecule has 0 radical (unpaired) electrons. The zero-order valence-corrected chi connectivity index (χ0v) is 9.76. The summed E-state index contributed by atoms with van der Waals surface area (Å²) in [6, 6.07) is 0. The second-order valence-corrected chi connectivity index (χ2v) is 5.02. The van der Waals surface area contributed by atoms with Crippen LogP contribution >= 0.6 is 11.8 Å². The molecule has 15 heavy (non-hydrogen) atoms. The maximum atomic E-state index is 12.5. The lowest BCUT2D eigenvalue weighted by molar-refractivity contribution is -0.185. The van der Waals surface area contributed by atoms with Crippen LogP contribution in [0.5, 0.6) is 0 Å². The normalized spacial score (nSPS) is 28.0. The molecule has 0 aliphatic heterocycles. The highest BCUT2D eigenvalue weighted by atomic mass is 32.2. The van der Waals surface area contributed by atoms with Gasteiger partial charge in [-0.05, 0) is 38.0 Å². The van der Waals surface area contributed by atoms with Gasteiger partial charge in [0, 0.05) is 5.88 Å². The molecule has 0 bridgehead atoms. The largest absolute Gasteiger partial charge is 0.391 e. The number of halogens is 3. The van der Waals surface area contributed by atoms with Crippen molar-refractivity contribution in [3.8, 4) is 0 Å². The molecule has 0 aromatic carbocycles. The van der Waals surface area contributed by atoms with Crippen molar-refractivity contribution in [2.45, 2.75) is 31.9 Å². The third kappa shape index (κ3) is 4.64. The van der Waals surface area contributed by atoms with Gasteiger partial charge in [0.2, 0.25) is 0 Å². The number of nitrogens with one attached hydrogen (secondary N) is 1. The Balaban J connectivity index is 2.29. The molecule has 0 saturated heterocycles. The molecular formula is C10H18F3NS. The van der Waals surface area contributed by atoms with Gasteiger partial charge < -0.3 is 5.32 Å². The first kappa shape index (κ1) is 13.2. The van der Waals surface area contributed by atoms with Crippen molar-refractivity contribution < 1.29 is 13.2 Å². The summed E-state index contributed by atoms with van der Waals surface area (Å²) >= 11 is 1.66. The number of alkyl halides is 3. The van der Waals surface area contributed by atoms with E-state index in [1.54, 1.807) is 11.8 Å². The standard InChI is InChI=1S/C10H18F3NS/c1-15-7-14-6-8-3-2-4-9(5-8)10(11,12)13/h8-9,14H,2-7H2,1H3. The predicted molar refractivity (Wildman–Crippen MR) is 57.9 cm³/mol. The minimum Gasteiger partial charge on any atom is -0.308 e. The van der Waals surface area contributed by atoms with Crippen LogP contribution in [0.4, 0.5) is 13.2 Å². The van der Waals surface area contributed by atoms with Gasteiger partial charge in [0.15, 0.2) is 0 Å². The van der Waals surface area contributed by atoms with E-state index in [0.717, 1.165) is 25.3 Å². The summed E-state index contributed by atoms with van der Waals surface area (Å²) < 4.78 is 37.4. The summed E-state index contributed by atoms with van der Waals surface area (Å²) in [6.07, 6.45) is 0.279. The van der Waals surface area contributed by atoms with E-state index in [1.807, 2.05) is 6.26 Å². The van der Waals surface area contributed by atoms with Crippen LogP contribution in [0.2, 0.25) is 0 Å². The maximum absolute atomic E-state index is 12.5. The summed E-state index contributed by atoms with van der Waals surface area (Å²) in [5.41, 5.74) is 0. The molecule has 1 saturated carbocycles. The minimum absolute atomic E-state index is 0.206. The van der Waals surface area contributed by atoms with Gasteiger partial charge in [-0.25, -0.2) is 0 Å². The molecule has 1 fully saturated rings. The molecule has 5 heteroatoms. The lowest BCUT2D eigenvalue weighted by Gasteiger charge is -2.30. The SMILES string of the molecule is CSCNCC1CCCC(C(F)(F)F)C1. The summed E-state index contributed by atoms with van der Waals surface area (Å²) in [4.78, 5) is 0. The quantitative estimate of drug-likeness (QED) is 0.599. The molecule has 2 atom stereocenters. The number of hydrogen-bond acceptors (Lipinski definition) is 2. The Morgan fingerprint density at radius 1 is 1.33 bits per heavy atom. The zero-order chi connectivity index (χ0) is 11.3. The smallest absolute Gasteiger partial charge is 0.308 e. The second-order valence-electron chi connectivity index (χ2n) is 4.16. The highest BCUT2D eigenvalue weighted by Crippen LogP contribution is 2.39. The fraction of sp³-hybridized carbons (Fsp3) is 1.00. The predicted octanol–water partition coefficient (Wildman–Crippen LogP) is 3.27. The molecule has 1 N–H and O–H groups in total. The van der Waals surface area contributed by atoms with Gasteiger partial charge in [-0.1, -0.05) is 6.42 Å². The van der Waals surface area contributed by atoms with E-state index in [-0.39, 0.29) is 5.92 Å². The summed E-state index contributed by atoms with van der Waals surface area (Å²) in [7, 11) is 0. The van der Waals surface area contributed by atoms with Gasteiger partial charge in [-0.2, -0.15) is 13.2 Å². The Morgan fingerprint density at radius 3 is 2.67 bits per heavy atom. The fourth-order valence-corrected chi connectivity index (χ4v) is 2.46. The highest BCUT2D eigenvalue weighted by Gasteiger charge is 2.41. The van der Waals surface area contributed by atoms with E-state index in [1.165, 1.54) is 0 Å². The van der Waals surface area contributed by atoms with E-state index < -0.39 is 12.1 Å². The molecule has 2 unspecified atom stereocenters. The Hall–Kier alpha value is 0.100. The summed E-state index contributed by atoms with van der Waals surface area (Å²) in [5, 5.41) is 3.17. The first-order chi connectivity index (χ1) is 7.04. The average Bonchev–Trinajstić information content (AvgIpc) is 2.17. The highest BCUT2D eigenvalue weighted by molar-refractivity contribution is 7.98. The Morgan fingerprint density at radius 2 is 2.07 bits per heavy atom. The minimum atomic E-state index is -3.99. The van der Waals surface area contributed by atoms with E-state index in [0.29, 0.717) is 12.8 Å². The second kappa shape index (κ2) is 5.99. The summed E-state index contributed by atoms with van der Waals surface area (Å²) in [5.74, 6) is -0.0300. The van der Waals surface area contributed by atoms with Crippen LogP contribution in [0.25, 0.3) is 0 Å². The average molecular weight is 241 g/mol. The van der Waals surface area contributed by atoms with Crippen molar-refractivity contribution in [3.63, 3.8) is 0 Å². The van der Waals surface area contributed by atoms with Crippen LogP contribution in [-0.4, -0.2) is 24.9 Å². The topological polar surface area (TPSA) is 12.0 Å². The fourth-order valence-electron chi connectivity index (χ4n) is 2.14. The number of rotatable bonds is 4. The van der Waals surface area contributed by atoms with Gasteiger partial charge in [0.25, 0.3) is 0 Å². The molecule has 90 valence electrons. The van der Waals surface area contributed by atoms with Gasteiger partial charge in [0.1, 0.15) is 0 Å². The van der Waals surface area contributed by atoms with E-state index in [2.05, 4.69) is 5.32 Å². The third-order valence-electron chi connectivity index (χ3n) is 2.93. The van der Waals surface area contributed by atoms with E-state index >= 15 is 0 Å². The zero-order valence-electron chi connectivity index (χ0n) is 8.94. The number of thioether (sulfide) groups is 1. The van der Waals surface area contributed by atoms with Crippen molar-refractivity contribution in [1.29, 1.82) is 0 Å². The molecule has 0 amide bonds. The Labute approximate surface area is 93.2 Å². The first-order valence-electron chi connectivity index (χ1n) is 5.30. The molecule has 0 aromatic heterocycles. The van der Waals surface area contributed by atoms with Crippen molar-refractivity contribution in [1.82, 2.24) is 5.32 Å². The van der Waals surface area contributed by atoms with Crippen molar-refractivity contribution in [3.05, 3.63) is 0 Å². The van der Waals surface area contributed by atoms with Gasteiger partial charge in [0.05, 0.1) is 5.92 Å². The molecule has 0 spiro atoms. The van der Waals surface area contributed by atoms with Crippen LogP contribution in [0.3, 0.4) is 0 Å². The van der Waals surface area contributed by atoms with Crippen LogP contribution < -0.4 is 5.32 Å². The monoisotopic (exact) mass is 241 g/mol. The van der Waals surface area contributed by atoms with Crippen LogP contribution in [0.15, 0.2) is 0 Å². The molecular weight excluding hydrogens is 223 g/mol. The van der Waals surface area contributed by atoms with Crippen molar-refractivity contribution >= 4 is 11.8 Å². The van der Waals surface area contributed by atoms with Crippen LogP contribution in [0.1, 0.15) is 25.7 Å². The molecule has 1 nitrogen and oxygen atoms in total. The third-order valence-corrected chi connectivity index (χ3v) is 3.42. The number of hydrogen-bond donors (Lipinski definition) is 1. The first-order valence-corrected chi connectivity index (χ1v) is 6.69. The lowest BCUT2D eigenvalue weighted by atomic mass is 9.81. The molecule has 1 rings (SSSR count). The van der Waals surface area contributed by atoms with E-state index in [9.17, 15) is 13.2 Å².